The predicted octanol–water partition coefficient (Wildman–Crippen LogP) is 3.33. The average molecular weight is 251 g/mol. The van der Waals surface area contributed by atoms with Gasteiger partial charge in [-0.2, -0.15) is 0 Å². The van der Waals surface area contributed by atoms with Crippen molar-refractivity contribution < 1.29 is 9.53 Å². The van der Waals surface area contributed by atoms with Crippen molar-refractivity contribution in [3.8, 4) is 5.75 Å². The quantitative estimate of drug-likeness (QED) is 0.819. The van der Waals surface area contributed by atoms with E-state index in [1.807, 2.05) is 42.5 Å². The van der Waals surface area contributed by atoms with E-state index in [4.69, 9.17) is 4.74 Å². The second-order valence-corrected chi connectivity index (χ2v) is 4.31. The lowest BCUT2D eigenvalue weighted by molar-refractivity contribution is 0.100. The van der Waals surface area contributed by atoms with Crippen LogP contribution in [-0.4, -0.2) is 13.0 Å². The number of anilines is 1. The largest absolute Gasteiger partial charge is 0.496 e. The number of hydrogen-bond acceptors (Lipinski definition) is 2. The number of benzene rings is 2. The molecule has 0 fully saturated rings. The molecule has 3 nitrogen and oxygen atoms in total. The molecule has 0 aliphatic carbocycles. The minimum absolute atomic E-state index is 0.0938. The number of hydrogen-bond donors (Lipinski definition) is 0. The summed E-state index contributed by atoms with van der Waals surface area (Å²) in [4.78, 5) is 14.2. The van der Waals surface area contributed by atoms with Crippen molar-refractivity contribution in [3.63, 3.8) is 0 Å². The molecule has 0 unspecified atom stereocenters. The first-order valence-corrected chi connectivity index (χ1v) is 6.00. The van der Waals surface area contributed by atoms with Crippen molar-refractivity contribution in [1.29, 1.82) is 0 Å². The number of amides is 1. The molecule has 1 heterocycles. The van der Waals surface area contributed by atoms with Gasteiger partial charge in [0.2, 0.25) is 0 Å². The van der Waals surface area contributed by atoms with E-state index in [2.05, 4.69) is 6.58 Å². The summed E-state index contributed by atoms with van der Waals surface area (Å²) >= 11 is 0. The molecule has 1 aliphatic heterocycles. The maximum absolute atomic E-state index is 12.6. The molecule has 0 radical (unpaired) electrons. The van der Waals surface area contributed by atoms with Gasteiger partial charge in [0.25, 0.3) is 5.91 Å². The van der Waals surface area contributed by atoms with Gasteiger partial charge in [-0.15, -0.1) is 0 Å². The Morgan fingerprint density at radius 3 is 2.47 bits per heavy atom. The Labute approximate surface area is 111 Å². The van der Waals surface area contributed by atoms with Crippen LogP contribution >= 0.6 is 0 Å². The molecular weight excluding hydrogens is 238 g/mol. The summed E-state index contributed by atoms with van der Waals surface area (Å²) in [6.07, 6.45) is 0. The van der Waals surface area contributed by atoms with Gasteiger partial charge in [0.05, 0.1) is 18.4 Å². The molecule has 94 valence electrons. The Morgan fingerprint density at radius 2 is 1.79 bits per heavy atom. The van der Waals surface area contributed by atoms with E-state index in [1.165, 1.54) is 0 Å². The van der Waals surface area contributed by atoms with Crippen molar-refractivity contribution in [1.82, 2.24) is 0 Å². The smallest absolute Gasteiger partial charge is 0.267 e. The zero-order valence-electron chi connectivity index (χ0n) is 10.6. The van der Waals surface area contributed by atoms with Gasteiger partial charge in [0.1, 0.15) is 5.75 Å². The summed E-state index contributed by atoms with van der Waals surface area (Å²) in [5.41, 5.74) is 2.91. The van der Waals surface area contributed by atoms with Crippen molar-refractivity contribution in [2.75, 3.05) is 12.0 Å². The van der Waals surface area contributed by atoms with Gasteiger partial charge in [-0.25, -0.2) is 0 Å². The van der Waals surface area contributed by atoms with Crippen LogP contribution in [0.3, 0.4) is 0 Å². The first-order chi connectivity index (χ1) is 9.24. The topological polar surface area (TPSA) is 29.5 Å². The third kappa shape index (κ3) is 1.63. The number of nitrogens with zero attached hydrogens (tertiary/aromatic N) is 1. The number of methoxy groups -OCH3 is 1. The minimum atomic E-state index is -0.0938. The molecule has 0 saturated carbocycles. The summed E-state index contributed by atoms with van der Waals surface area (Å²) in [5.74, 6) is 0.491. The standard InChI is InChI=1S/C16H13NO2/c1-11-13-9-6-10-14(19-2)15(13)16(18)17(11)12-7-4-3-5-8-12/h3-10H,1H2,2H3. The van der Waals surface area contributed by atoms with Gasteiger partial charge >= 0.3 is 0 Å². The van der Waals surface area contributed by atoms with Gasteiger partial charge in [-0.3, -0.25) is 9.69 Å². The molecule has 1 aliphatic rings. The van der Waals surface area contributed by atoms with Gasteiger partial charge < -0.3 is 4.74 Å². The third-order valence-corrected chi connectivity index (χ3v) is 3.26. The van der Waals surface area contributed by atoms with Gasteiger partial charge in [0, 0.05) is 11.3 Å². The molecule has 2 aromatic carbocycles. The number of para-hydroxylation sites is 1. The van der Waals surface area contributed by atoms with Crippen LogP contribution in [0.2, 0.25) is 0 Å². The maximum Gasteiger partial charge on any atom is 0.267 e. The molecule has 19 heavy (non-hydrogen) atoms. The third-order valence-electron chi connectivity index (χ3n) is 3.26. The second-order valence-electron chi connectivity index (χ2n) is 4.31. The van der Waals surface area contributed by atoms with Crippen molar-refractivity contribution in [3.05, 3.63) is 66.2 Å². The second kappa shape index (κ2) is 4.28. The highest BCUT2D eigenvalue weighted by atomic mass is 16.5. The van der Waals surface area contributed by atoms with Crippen LogP contribution in [0.15, 0.2) is 55.1 Å². The monoisotopic (exact) mass is 251 g/mol. The fourth-order valence-electron chi connectivity index (χ4n) is 2.37. The van der Waals surface area contributed by atoms with Crippen molar-refractivity contribution in [2.45, 2.75) is 0 Å². The molecule has 0 aromatic heterocycles. The molecule has 2 aromatic rings. The highest BCUT2D eigenvalue weighted by Crippen LogP contribution is 2.39. The van der Waals surface area contributed by atoms with Crippen LogP contribution in [0.4, 0.5) is 5.69 Å². The van der Waals surface area contributed by atoms with E-state index >= 15 is 0 Å². The summed E-state index contributed by atoms with van der Waals surface area (Å²) in [5, 5.41) is 0. The summed E-state index contributed by atoms with van der Waals surface area (Å²) < 4.78 is 5.27. The molecule has 1 amide bonds. The number of fused-ring (bicyclic) bond motifs is 1. The van der Waals surface area contributed by atoms with E-state index < -0.39 is 0 Å². The fraction of sp³-hybridized carbons (Fsp3) is 0.0625. The van der Waals surface area contributed by atoms with Crippen LogP contribution in [0.5, 0.6) is 5.75 Å². The SMILES string of the molecule is C=C1c2cccc(OC)c2C(=O)N1c1ccccc1. The molecule has 0 bridgehead atoms. The first-order valence-electron chi connectivity index (χ1n) is 6.00. The van der Waals surface area contributed by atoms with Crippen molar-refractivity contribution in [2.24, 2.45) is 0 Å². The Kier molecular flexibility index (Phi) is 2.60. The number of carbonyl (C=O) groups excluding carboxylic acids is 1. The Bertz CT molecular complexity index is 662. The lowest BCUT2D eigenvalue weighted by Gasteiger charge is -2.17. The Balaban J connectivity index is 2.15. The first kappa shape index (κ1) is 11.5. The highest BCUT2D eigenvalue weighted by molar-refractivity contribution is 6.23. The molecule has 0 saturated heterocycles. The Hall–Kier alpha value is -2.55. The molecular formula is C16H13NO2. The van der Waals surface area contributed by atoms with Crippen LogP contribution in [-0.2, 0) is 0 Å². The summed E-state index contributed by atoms with van der Waals surface area (Å²) in [6.45, 7) is 4.03. The lowest BCUT2D eigenvalue weighted by atomic mass is 10.1. The molecule has 0 spiro atoms. The van der Waals surface area contributed by atoms with Crippen LogP contribution in [0.25, 0.3) is 5.70 Å². The number of rotatable bonds is 2. The fourth-order valence-corrected chi connectivity index (χ4v) is 2.37. The van der Waals surface area contributed by atoms with Gasteiger partial charge in [0.15, 0.2) is 0 Å². The molecule has 3 rings (SSSR count). The van der Waals surface area contributed by atoms with E-state index in [-0.39, 0.29) is 5.91 Å². The normalized spacial score (nSPS) is 13.6. The van der Waals surface area contributed by atoms with E-state index in [9.17, 15) is 4.79 Å². The minimum Gasteiger partial charge on any atom is -0.496 e. The molecule has 0 N–H and O–H groups in total. The molecule has 3 heteroatoms. The number of carbonyl (C=O) groups is 1. The van der Waals surface area contributed by atoms with E-state index in [0.717, 1.165) is 11.3 Å². The number of ether oxygens (including phenoxy) is 1. The van der Waals surface area contributed by atoms with E-state index in [1.54, 1.807) is 18.1 Å². The van der Waals surface area contributed by atoms with E-state index in [0.29, 0.717) is 17.0 Å². The average Bonchev–Trinajstić information content (AvgIpc) is 2.72. The van der Waals surface area contributed by atoms with Gasteiger partial charge in [-0.1, -0.05) is 36.9 Å². The van der Waals surface area contributed by atoms with Gasteiger partial charge in [-0.05, 0) is 18.2 Å². The molecule has 0 atom stereocenters. The van der Waals surface area contributed by atoms with Crippen LogP contribution < -0.4 is 9.64 Å². The Morgan fingerprint density at radius 1 is 1.05 bits per heavy atom. The lowest BCUT2D eigenvalue weighted by Crippen LogP contribution is -2.21. The van der Waals surface area contributed by atoms with Crippen LogP contribution in [0.1, 0.15) is 15.9 Å². The zero-order valence-corrected chi connectivity index (χ0v) is 10.6. The predicted molar refractivity (Wildman–Crippen MR) is 75.3 cm³/mol. The highest BCUT2D eigenvalue weighted by Gasteiger charge is 2.34. The van der Waals surface area contributed by atoms with Crippen LogP contribution in [0, 0.1) is 0 Å². The summed E-state index contributed by atoms with van der Waals surface area (Å²) in [6, 6.07) is 15.0. The zero-order chi connectivity index (χ0) is 13.4. The summed E-state index contributed by atoms with van der Waals surface area (Å²) in [7, 11) is 1.57. The maximum atomic E-state index is 12.6. The van der Waals surface area contributed by atoms with Crippen molar-refractivity contribution >= 4 is 17.3 Å².